The zero-order valence-corrected chi connectivity index (χ0v) is 12.2. The minimum Gasteiger partial charge on any atom is -0.308 e. The van der Waals surface area contributed by atoms with Crippen molar-refractivity contribution in [2.75, 3.05) is 12.3 Å². The third kappa shape index (κ3) is 2.32. The van der Waals surface area contributed by atoms with Crippen LogP contribution in [0.15, 0.2) is 6.20 Å². The van der Waals surface area contributed by atoms with Crippen molar-refractivity contribution in [3.8, 4) is 0 Å². The molecule has 100 valence electrons. The molecule has 0 aromatic carbocycles. The van der Waals surface area contributed by atoms with E-state index in [2.05, 4.69) is 47.0 Å². The Morgan fingerprint density at radius 3 is 3.22 bits per heavy atom. The van der Waals surface area contributed by atoms with E-state index in [0.717, 1.165) is 6.54 Å². The average molecular weight is 265 g/mol. The summed E-state index contributed by atoms with van der Waals surface area (Å²) < 4.78 is 2.51. The summed E-state index contributed by atoms with van der Waals surface area (Å²) in [5.41, 5.74) is 2.87. The Hall–Kier alpha value is -0.480. The molecule has 0 bridgehead atoms. The standard InChI is InChI=1S/C14H23N3S/c1-14(7-4-8-18-14)10-15-12-5-3-6-13-11(12)9-16-17(13)2/h9,12,15H,3-8,10H2,1-2H3. The molecular formula is C14H23N3S. The van der Waals surface area contributed by atoms with Crippen LogP contribution in [0.4, 0.5) is 0 Å². The number of thioether (sulfide) groups is 1. The zero-order valence-electron chi connectivity index (χ0n) is 11.4. The van der Waals surface area contributed by atoms with Gasteiger partial charge in [-0.15, -0.1) is 0 Å². The molecule has 18 heavy (non-hydrogen) atoms. The summed E-state index contributed by atoms with van der Waals surface area (Å²) in [6.45, 7) is 3.54. The normalized spacial score (nSPS) is 31.6. The second kappa shape index (κ2) is 4.89. The van der Waals surface area contributed by atoms with Gasteiger partial charge in [0.25, 0.3) is 0 Å². The van der Waals surface area contributed by atoms with E-state index in [4.69, 9.17) is 0 Å². The van der Waals surface area contributed by atoms with Gasteiger partial charge in [-0.1, -0.05) is 0 Å². The van der Waals surface area contributed by atoms with Crippen LogP contribution >= 0.6 is 11.8 Å². The fraction of sp³-hybridized carbons (Fsp3) is 0.786. The first-order valence-corrected chi connectivity index (χ1v) is 8.05. The Labute approximate surface area is 114 Å². The molecule has 2 atom stereocenters. The summed E-state index contributed by atoms with van der Waals surface area (Å²) in [6.07, 6.45) is 8.54. The first-order chi connectivity index (χ1) is 8.68. The predicted octanol–water partition coefficient (Wildman–Crippen LogP) is 2.67. The Balaban J connectivity index is 1.67. The maximum Gasteiger partial charge on any atom is 0.0540 e. The Bertz CT molecular complexity index is 421. The first-order valence-electron chi connectivity index (χ1n) is 7.06. The molecule has 1 aliphatic carbocycles. The molecule has 0 amide bonds. The highest BCUT2D eigenvalue weighted by Gasteiger charge is 2.31. The van der Waals surface area contributed by atoms with Crippen molar-refractivity contribution in [3.05, 3.63) is 17.5 Å². The molecule has 1 saturated heterocycles. The van der Waals surface area contributed by atoms with E-state index in [0.29, 0.717) is 10.8 Å². The van der Waals surface area contributed by atoms with E-state index in [-0.39, 0.29) is 0 Å². The van der Waals surface area contributed by atoms with Gasteiger partial charge < -0.3 is 5.32 Å². The van der Waals surface area contributed by atoms with E-state index < -0.39 is 0 Å². The van der Waals surface area contributed by atoms with Crippen LogP contribution in [0.5, 0.6) is 0 Å². The van der Waals surface area contributed by atoms with Gasteiger partial charge in [-0.3, -0.25) is 4.68 Å². The van der Waals surface area contributed by atoms with Crippen LogP contribution in [0.2, 0.25) is 0 Å². The lowest BCUT2D eigenvalue weighted by Crippen LogP contribution is -2.36. The highest BCUT2D eigenvalue weighted by atomic mass is 32.2. The Morgan fingerprint density at radius 1 is 1.56 bits per heavy atom. The maximum absolute atomic E-state index is 4.42. The summed E-state index contributed by atoms with van der Waals surface area (Å²) in [4.78, 5) is 0. The zero-order chi connectivity index (χ0) is 12.6. The molecule has 1 aromatic rings. The average Bonchev–Trinajstić information content (AvgIpc) is 2.96. The lowest BCUT2D eigenvalue weighted by Gasteiger charge is -2.29. The number of aryl methyl sites for hydroxylation is 1. The van der Waals surface area contributed by atoms with Crippen molar-refractivity contribution in [2.24, 2.45) is 7.05 Å². The lowest BCUT2D eigenvalue weighted by atomic mass is 9.92. The minimum atomic E-state index is 0.458. The summed E-state index contributed by atoms with van der Waals surface area (Å²) in [7, 11) is 2.06. The van der Waals surface area contributed by atoms with Crippen molar-refractivity contribution in [3.63, 3.8) is 0 Å². The van der Waals surface area contributed by atoms with Crippen molar-refractivity contribution < 1.29 is 0 Å². The van der Waals surface area contributed by atoms with Crippen molar-refractivity contribution >= 4 is 11.8 Å². The molecule has 1 N–H and O–H groups in total. The highest BCUT2D eigenvalue weighted by Crippen LogP contribution is 2.38. The van der Waals surface area contributed by atoms with Gasteiger partial charge in [-0.05, 0) is 44.8 Å². The molecule has 3 rings (SSSR count). The van der Waals surface area contributed by atoms with Gasteiger partial charge in [0.15, 0.2) is 0 Å². The molecule has 2 unspecified atom stereocenters. The van der Waals surface area contributed by atoms with E-state index in [9.17, 15) is 0 Å². The van der Waals surface area contributed by atoms with Crippen LogP contribution in [-0.2, 0) is 13.5 Å². The molecule has 2 heterocycles. The quantitative estimate of drug-likeness (QED) is 0.911. The first kappa shape index (κ1) is 12.5. The van der Waals surface area contributed by atoms with E-state index in [1.165, 1.54) is 49.1 Å². The Morgan fingerprint density at radius 2 is 2.44 bits per heavy atom. The number of aromatic nitrogens is 2. The number of nitrogens with one attached hydrogen (secondary N) is 1. The van der Waals surface area contributed by atoms with Gasteiger partial charge in [-0.2, -0.15) is 16.9 Å². The number of nitrogens with zero attached hydrogens (tertiary/aromatic N) is 2. The second-order valence-corrected chi connectivity index (χ2v) is 7.58. The monoisotopic (exact) mass is 265 g/mol. The number of hydrogen-bond donors (Lipinski definition) is 1. The second-order valence-electron chi connectivity index (χ2n) is 5.90. The lowest BCUT2D eigenvalue weighted by molar-refractivity contribution is 0.422. The molecule has 0 saturated carbocycles. The maximum atomic E-state index is 4.42. The molecule has 1 aliphatic heterocycles. The SMILES string of the molecule is Cn1ncc2c1CCCC2NCC1(C)CCCS1. The minimum absolute atomic E-state index is 0.458. The largest absolute Gasteiger partial charge is 0.308 e. The summed E-state index contributed by atoms with van der Waals surface area (Å²) in [6, 6.07) is 0.528. The van der Waals surface area contributed by atoms with Crippen LogP contribution in [0.3, 0.4) is 0 Å². The molecule has 2 aliphatic rings. The fourth-order valence-electron chi connectivity index (χ4n) is 3.23. The topological polar surface area (TPSA) is 29.9 Å². The molecule has 4 heteroatoms. The van der Waals surface area contributed by atoms with Crippen molar-refractivity contribution in [1.82, 2.24) is 15.1 Å². The van der Waals surface area contributed by atoms with Crippen LogP contribution in [-0.4, -0.2) is 26.8 Å². The van der Waals surface area contributed by atoms with Gasteiger partial charge >= 0.3 is 0 Å². The number of fused-ring (bicyclic) bond motifs is 1. The Kier molecular flexibility index (Phi) is 3.41. The summed E-state index contributed by atoms with van der Waals surface area (Å²) in [5, 5.41) is 8.22. The van der Waals surface area contributed by atoms with Gasteiger partial charge in [0.05, 0.1) is 6.20 Å². The number of hydrogen-bond acceptors (Lipinski definition) is 3. The summed E-state index contributed by atoms with van der Waals surface area (Å²) in [5.74, 6) is 1.33. The van der Waals surface area contributed by atoms with E-state index in [1.54, 1.807) is 0 Å². The van der Waals surface area contributed by atoms with Gasteiger partial charge in [-0.25, -0.2) is 0 Å². The predicted molar refractivity (Wildman–Crippen MR) is 77.0 cm³/mol. The molecular weight excluding hydrogens is 242 g/mol. The van der Waals surface area contributed by atoms with E-state index >= 15 is 0 Å². The van der Waals surface area contributed by atoms with Crippen molar-refractivity contribution in [2.45, 2.75) is 49.8 Å². The summed E-state index contributed by atoms with van der Waals surface area (Å²) >= 11 is 2.14. The molecule has 1 fully saturated rings. The van der Waals surface area contributed by atoms with Crippen LogP contribution in [0.25, 0.3) is 0 Å². The van der Waals surface area contributed by atoms with Crippen LogP contribution in [0, 0.1) is 0 Å². The van der Waals surface area contributed by atoms with Gasteiger partial charge in [0.1, 0.15) is 0 Å². The molecule has 0 radical (unpaired) electrons. The third-order valence-corrected chi connectivity index (χ3v) is 5.94. The highest BCUT2D eigenvalue weighted by molar-refractivity contribution is 8.00. The molecule has 1 aromatic heterocycles. The molecule has 3 nitrogen and oxygen atoms in total. The smallest absolute Gasteiger partial charge is 0.0540 e. The van der Waals surface area contributed by atoms with Gasteiger partial charge in [0, 0.05) is 35.6 Å². The van der Waals surface area contributed by atoms with E-state index in [1.807, 2.05) is 0 Å². The molecule has 0 spiro atoms. The fourth-order valence-corrected chi connectivity index (χ4v) is 4.49. The van der Waals surface area contributed by atoms with Crippen molar-refractivity contribution in [1.29, 1.82) is 0 Å². The third-order valence-electron chi connectivity index (χ3n) is 4.40. The van der Waals surface area contributed by atoms with Gasteiger partial charge in [0.2, 0.25) is 0 Å². The van der Waals surface area contributed by atoms with Crippen LogP contribution < -0.4 is 5.32 Å². The van der Waals surface area contributed by atoms with Crippen LogP contribution in [0.1, 0.15) is 49.9 Å². The number of rotatable bonds is 3.